The second kappa shape index (κ2) is 4.94. The second-order valence-electron chi connectivity index (χ2n) is 4.21. The van der Waals surface area contributed by atoms with Crippen LogP contribution in [0.4, 0.5) is 0 Å². The Labute approximate surface area is 119 Å². The number of rotatable bonds is 3. The molecule has 20 heavy (non-hydrogen) atoms. The second-order valence-corrected chi connectivity index (χ2v) is 4.62. The quantitative estimate of drug-likeness (QED) is 0.693. The van der Waals surface area contributed by atoms with Gasteiger partial charge in [-0.1, -0.05) is 22.9 Å². The number of aldehydes is 1. The summed E-state index contributed by atoms with van der Waals surface area (Å²) in [5.74, 6) is 0.525. The van der Waals surface area contributed by atoms with Gasteiger partial charge < -0.3 is 4.42 Å². The zero-order chi connectivity index (χ0) is 14.1. The Morgan fingerprint density at radius 2 is 2.15 bits per heavy atom. The van der Waals surface area contributed by atoms with E-state index in [1.54, 1.807) is 22.9 Å². The molecule has 100 valence electrons. The first-order valence-electron chi connectivity index (χ1n) is 5.92. The van der Waals surface area contributed by atoms with Crippen molar-refractivity contribution >= 4 is 17.9 Å². The number of carbonyl (C=O) groups is 1. The van der Waals surface area contributed by atoms with E-state index in [2.05, 4.69) is 10.3 Å². The fourth-order valence-corrected chi connectivity index (χ4v) is 2.18. The van der Waals surface area contributed by atoms with Crippen LogP contribution in [-0.4, -0.2) is 21.3 Å². The summed E-state index contributed by atoms with van der Waals surface area (Å²) in [6.07, 6.45) is 2.19. The third-order valence-electron chi connectivity index (χ3n) is 3.03. The van der Waals surface area contributed by atoms with E-state index in [4.69, 9.17) is 16.0 Å². The molecule has 0 atom stereocenters. The van der Waals surface area contributed by atoms with Gasteiger partial charge in [-0.25, -0.2) is 4.68 Å². The Kier molecular flexibility index (Phi) is 3.12. The van der Waals surface area contributed by atoms with Crippen LogP contribution in [0.1, 0.15) is 16.1 Å². The minimum atomic E-state index is 0.222. The Hall–Kier alpha value is -2.40. The Bertz CT molecular complexity index is 763. The molecular formula is C14H10ClN3O2. The van der Waals surface area contributed by atoms with E-state index in [1.165, 1.54) is 6.26 Å². The molecule has 2 aromatic heterocycles. The standard InChI is InChI=1S/C14H10ClN3O2/c1-9-10(15)4-2-5-12(9)18-14(11(8-19)16-17-18)13-6-3-7-20-13/h2-8H,1H3. The molecule has 2 heterocycles. The molecule has 3 aromatic rings. The van der Waals surface area contributed by atoms with Gasteiger partial charge in [0.15, 0.2) is 17.7 Å². The predicted octanol–water partition coefficient (Wildman–Crippen LogP) is 3.30. The molecule has 0 aliphatic carbocycles. The molecule has 0 saturated carbocycles. The van der Waals surface area contributed by atoms with Crippen molar-refractivity contribution in [2.24, 2.45) is 0 Å². The van der Waals surface area contributed by atoms with Gasteiger partial charge in [-0.05, 0) is 36.8 Å². The minimum Gasteiger partial charge on any atom is -0.463 e. The van der Waals surface area contributed by atoms with Crippen molar-refractivity contribution < 1.29 is 9.21 Å². The van der Waals surface area contributed by atoms with Gasteiger partial charge in [-0.15, -0.1) is 5.10 Å². The van der Waals surface area contributed by atoms with Crippen LogP contribution in [0.3, 0.4) is 0 Å². The summed E-state index contributed by atoms with van der Waals surface area (Å²) in [4.78, 5) is 11.1. The smallest absolute Gasteiger partial charge is 0.172 e. The number of aromatic nitrogens is 3. The topological polar surface area (TPSA) is 60.9 Å². The van der Waals surface area contributed by atoms with Crippen LogP contribution in [0.5, 0.6) is 0 Å². The largest absolute Gasteiger partial charge is 0.463 e. The lowest BCUT2D eigenvalue weighted by Crippen LogP contribution is -2.02. The summed E-state index contributed by atoms with van der Waals surface area (Å²) in [7, 11) is 0. The van der Waals surface area contributed by atoms with E-state index >= 15 is 0 Å². The molecule has 0 aliphatic heterocycles. The fourth-order valence-electron chi connectivity index (χ4n) is 2.01. The predicted molar refractivity (Wildman–Crippen MR) is 74.2 cm³/mol. The van der Waals surface area contributed by atoms with Gasteiger partial charge >= 0.3 is 0 Å². The van der Waals surface area contributed by atoms with Gasteiger partial charge in [0.25, 0.3) is 0 Å². The van der Waals surface area contributed by atoms with Crippen molar-refractivity contribution in [2.75, 3.05) is 0 Å². The molecule has 0 spiro atoms. The van der Waals surface area contributed by atoms with Crippen LogP contribution in [0, 0.1) is 6.92 Å². The molecule has 6 heteroatoms. The maximum Gasteiger partial charge on any atom is 0.172 e. The summed E-state index contributed by atoms with van der Waals surface area (Å²) in [6, 6.07) is 8.97. The molecular weight excluding hydrogens is 278 g/mol. The van der Waals surface area contributed by atoms with Gasteiger partial charge in [0.1, 0.15) is 5.69 Å². The lowest BCUT2D eigenvalue weighted by molar-refractivity contribution is 0.111. The van der Waals surface area contributed by atoms with Crippen LogP contribution in [0.25, 0.3) is 17.1 Å². The Morgan fingerprint density at radius 1 is 1.30 bits per heavy atom. The van der Waals surface area contributed by atoms with Crippen LogP contribution in [0.2, 0.25) is 5.02 Å². The number of hydrogen-bond donors (Lipinski definition) is 0. The van der Waals surface area contributed by atoms with Crippen LogP contribution < -0.4 is 0 Å². The van der Waals surface area contributed by atoms with Crippen molar-refractivity contribution in [2.45, 2.75) is 6.92 Å². The van der Waals surface area contributed by atoms with Gasteiger partial charge in [0, 0.05) is 5.02 Å². The monoisotopic (exact) mass is 287 g/mol. The first-order valence-corrected chi connectivity index (χ1v) is 6.30. The molecule has 0 N–H and O–H groups in total. The summed E-state index contributed by atoms with van der Waals surface area (Å²) in [6.45, 7) is 1.88. The van der Waals surface area contributed by atoms with E-state index in [0.717, 1.165) is 11.3 Å². The normalized spacial score (nSPS) is 10.7. The van der Waals surface area contributed by atoms with Gasteiger partial charge in [0.05, 0.1) is 12.0 Å². The van der Waals surface area contributed by atoms with Crippen LogP contribution >= 0.6 is 11.6 Å². The third kappa shape index (κ3) is 1.92. The Morgan fingerprint density at radius 3 is 2.85 bits per heavy atom. The molecule has 0 bridgehead atoms. The Balaban J connectivity index is 2.28. The molecule has 0 amide bonds. The van der Waals surface area contributed by atoms with Crippen LogP contribution in [-0.2, 0) is 0 Å². The molecule has 5 nitrogen and oxygen atoms in total. The zero-order valence-electron chi connectivity index (χ0n) is 10.6. The van der Waals surface area contributed by atoms with Crippen LogP contribution in [0.15, 0.2) is 41.0 Å². The van der Waals surface area contributed by atoms with Crippen molar-refractivity contribution in [3.05, 3.63) is 52.9 Å². The van der Waals surface area contributed by atoms with E-state index in [-0.39, 0.29) is 5.69 Å². The molecule has 0 fully saturated rings. The van der Waals surface area contributed by atoms with E-state index < -0.39 is 0 Å². The van der Waals surface area contributed by atoms with Gasteiger partial charge in [-0.3, -0.25) is 4.79 Å². The first kappa shape index (κ1) is 12.6. The number of furan rings is 1. The minimum absolute atomic E-state index is 0.222. The lowest BCUT2D eigenvalue weighted by Gasteiger charge is -2.09. The summed E-state index contributed by atoms with van der Waals surface area (Å²) < 4.78 is 6.92. The summed E-state index contributed by atoms with van der Waals surface area (Å²) >= 11 is 6.13. The van der Waals surface area contributed by atoms with Crippen molar-refractivity contribution in [3.63, 3.8) is 0 Å². The highest BCUT2D eigenvalue weighted by atomic mass is 35.5. The van der Waals surface area contributed by atoms with E-state index in [1.807, 2.05) is 19.1 Å². The van der Waals surface area contributed by atoms with Crippen molar-refractivity contribution in [1.82, 2.24) is 15.0 Å². The fraction of sp³-hybridized carbons (Fsp3) is 0.0714. The highest BCUT2D eigenvalue weighted by molar-refractivity contribution is 6.31. The maximum absolute atomic E-state index is 11.1. The number of halogens is 1. The van der Waals surface area contributed by atoms with Gasteiger partial charge in [-0.2, -0.15) is 0 Å². The molecule has 1 aromatic carbocycles. The summed E-state index contributed by atoms with van der Waals surface area (Å²) in [5, 5.41) is 8.53. The molecule has 0 radical (unpaired) electrons. The van der Waals surface area contributed by atoms with Gasteiger partial charge in [0.2, 0.25) is 0 Å². The highest BCUT2D eigenvalue weighted by Gasteiger charge is 2.19. The average Bonchev–Trinajstić information content (AvgIpc) is 3.09. The number of benzene rings is 1. The van der Waals surface area contributed by atoms with E-state index in [9.17, 15) is 4.79 Å². The number of nitrogens with zero attached hydrogens (tertiary/aromatic N) is 3. The molecule has 3 rings (SSSR count). The molecule has 0 saturated heterocycles. The average molecular weight is 288 g/mol. The number of hydrogen-bond acceptors (Lipinski definition) is 4. The third-order valence-corrected chi connectivity index (χ3v) is 3.44. The maximum atomic E-state index is 11.1. The van der Waals surface area contributed by atoms with E-state index in [0.29, 0.717) is 22.8 Å². The summed E-state index contributed by atoms with van der Waals surface area (Å²) in [5.41, 5.74) is 2.34. The first-order chi connectivity index (χ1) is 9.72. The zero-order valence-corrected chi connectivity index (χ0v) is 11.3. The molecule has 0 aliphatic rings. The van der Waals surface area contributed by atoms with Crippen molar-refractivity contribution in [1.29, 1.82) is 0 Å². The van der Waals surface area contributed by atoms with Crippen molar-refractivity contribution in [3.8, 4) is 17.1 Å². The molecule has 0 unspecified atom stereocenters. The highest BCUT2D eigenvalue weighted by Crippen LogP contribution is 2.28. The lowest BCUT2D eigenvalue weighted by atomic mass is 10.2. The SMILES string of the molecule is Cc1c(Cl)cccc1-n1nnc(C=O)c1-c1ccco1. The number of carbonyl (C=O) groups excluding carboxylic acids is 1.